The summed E-state index contributed by atoms with van der Waals surface area (Å²) in [6.45, 7) is 2.96. The number of aromatic nitrogens is 2. The van der Waals surface area contributed by atoms with Crippen LogP contribution in [-0.4, -0.2) is 29.2 Å². The van der Waals surface area contributed by atoms with Gasteiger partial charge in [-0.25, -0.2) is 0 Å². The number of hydrogen-bond donors (Lipinski definition) is 2. The summed E-state index contributed by atoms with van der Waals surface area (Å²) in [5.41, 5.74) is 0.868. The van der Waals surface area contributed by atoms with Gasteiger partial charge in [0.2, 0.25) is 5.91 Å². The maximum Gasteiger partial charge on any atom is 0.244 e. The van der Waals surface area contributed by atoms with Gasteiger partial charge in [0.1, 0.15) is 11.6 Å². The van der Waals surface area contributed by atoms with Gasteiger partial charge in [-0.1, -0.05) is 0 Å². The molecule has 0 aliphatic rings. The summed E-state index contributed by atoms with van der Waals surface area (Å²) in [5, 5.41) is 13.7. The second kappa shape index (κ2) is 7.08. The first-order valence-corrected chi connectivity index (χ1v) is 6.27. The molecule has 0 saturated carbocycles. The van der Waals surface area contributed by atoms with Crippen LogP contribution in [0.25, 0.3) is 6.08 Å². The zero-order valence-corrected chi connectivity index (χ0v) is 11.2. The van der Waals surface area contributed by atoms with E-state index in [-0.39, 0.29) is 5.91 Å². The van der Waals surface area contributed by atoms with Crippen LogP contribution in [0.5, 0.6) is 0 Å². The molecule has 6 heteroatoms. The third-order valence-electron chi connectivity index (χ3n) is 2.47. The van der Waals surface area contributed by atoms with Crippen LogP contribution in [0.4, 0.5) is 5.82 Å². The Bertz CT molecular complexity index is 561. The molecule has 1 amide bonds. The van der Waals surface area contributed by atoms with Crippen LogP contribution in [-0.2, 0) is 4.79 Å². The van der Waals surface area contributed by atoms with Crippen LogP contribution >= 0.6 is 0 Å². The molecule has 0 aromatic carbocycles. The molecule has 0 fully saturated rings. The minimum Gasteiger partial charge on any atom is -0.465 e. The van der Waals surface area contributed by atoms with Crippen molar-refractivity contribution in [3.05, 3.63) is 48.1 Å². The molecule has 0 saturated heterocycles. The van der Waals surface area contributed by atoms with Gasteiger partial charge in [0.05, 0.1) is 12.0 Å². The number of carbonyl (C=O) groups excluding carboxylic acids is 1. The zero-order chi connectivity index (χ0) is 14.2. The average Bonchev–Trinajstić information content (AvgIpc) is 2.96. The highest BCUT2D eigenvalue weighted by molar-refractivity contribution is 5.91. The number of rotatable bonds is 6. The third-order valence-corrected chi connectivity index (χ3v) is 2.47. The first-order valence-electron chi connectivity index (χ1n) is 6.27. The van der Waals surface area contributed by atoms with Crippen LogP contribution in [0.2, 0.25) is 0 Å². The highest BCUT2D eigenvalue weighted by Gasteiger charge is 1.97. The second-order valence-corrected chi connectivity index (χ2v) is 4.13. The van der Waals surface area contributed by atoms with Gasteiger partial charge >= 0.3 is 0 Å². The largest absolute Gasteiger partial charge is 0.465 e. The van der Waals surface area contributed by atoms with Crippen LogP contribution in [0.15, 0.2) is 41.0 Å². The fraction of sp³-hybridized carbons (Fsp3) is 0.214. The van der Waals surface area contributed by atoms with Crippen molar-refractivity contribution in [2.45, 2.75) is 6.92 Å². The lowest BCUT2D eigenvalue weighted by molar-refractivity contribution is -0.116. The van der Waals surface area contributed by atoms with E-state index in [0.29, 0.717) is 24.7 Å². The van der Waals surface area contributed by atoms with Crippen molar-refractivity contribution in [2.75, 3.05) is 18.4 Å². The summed E-state index contributed by atoms with van der Waals surface area (Å²) in [4.78, 5) is 11.5. The molecule has 2 heterocycles. The lowest BCUT2D eigenvalue weighted by atomic mass is 10.4. The predicted octanol–water partition coefficient (Wildman–Crippen LogP) is 1.62. The Kier molecular flexibility index (Phi) is 4.88. The number of carbonyl (C=O) groups is 1. The molecule has 0 spiro atoms. The maximum atomic E-state index is 11.5. The Morgan fingerprint density at radius 2 is 2.20 bits per heavy atom. The fourth-order valence-corrected chi connectivity index (χ4v) is 1.47. The monoisotopic (exact) mass is 272 g/mol. The summed E-state index contributed by atoms with van der Waals surface area (Å²) in [6, 6.07) is 7.27. The third kappa shape index (κ3) is 4.56. The van der Waals surface area contributed by atoms with Gasteiger partial charge < -0.3 is 15.1 Å². The van der Waals surface area contributed by atoms with Crippen LogP contribution in [0, 0.1) is 6.92 Å². The second-order valence-electron chi connectivity index (χ2n) is 4.13. The van der Waals surface area contributed by atoms with Gasteiger partial charge in [-0.15, -0.1) is 5.10 Å². The number of nitrogens with zero attached hydrogens (tertiary/aromatic N) is 2. The SMILES string of the molecule is Cc1ccc(NCCNC(=O)/C=C/c2ccco2)nn1. The number of nitrogens with one attached hydrogen (secondary N) is 2. The quantitative estimate of drug-likeness (QED) is 0.617. The van der Waals surface area contributed by atoms with E-state index in [0.717, 1.165) is 5.69 Å². The van der Waals surface area contributed by atoms with Gasteiger partial charge in [-0.05, 0) is 37.3 Å². The normalized spacial score (nSPS) is 10.7. The highest BCUT2D eigenvalue weighted by Crippen LogP contribution is 2.01. The molecule has 0 bridgehead atoms. The smallest absolute Gasteiger partial charge is 0.244 e. The Morgan fingerprint density at radius 3 is 2.90 bits per heavy atom. The zero-order valence-electron chi connectivity index (χ0n) is 11.2. The molecular weight excluding hydrogens is 256 g/mol. The lowest BCUT2D eigenvalue weighted by Crippen LogP contribution is -2.27. The highest BCUT2D eigenvalue weighted by atomic mass is 16.3. The Balaban J connectivity index is 1.65. The van der Waals surface area contributed by atoms with E-state index in [1.807, 2.05) is 19.1 Å². The summed E-state index contributed by atoms with van der Waals surface area (Å²) in [6.07, 6.45) is 4.61. The maximum absolute atomic E-state index is 11.5. The summed E-state index contributed by atoms with van der Waals surface area (Å²) in [5.74, 6) is 1.17. The first-order chi connectivity index (χ1) is 9.74. The molecule has 2 rings (SSSR count). The molecule has 0 atom stereocenters. The topological polar surface area (TPSA) is 80.0 Å². The summed E-state index contributed by atoms with van der Waals surface area (Å²) >= 11 is 0. The standard InChI is InChI=1S/C14H16N4O2/c1-11-4-6-13(18-17-11)15-8-9-16-14(19)7-5-12-3-2-10-20-12/h2-7,10H,8-9H2,1H3,(H,15,18)(H,16,19)/b7-5+. The van der Waals surface area contributed by atoms with E-state index in [2.05, 4.69) is 20.8 Å². The van der Waals surface area contributed by atoms with E-state index in [4.69, 9.17) is 4.42 Å². The number of amides is 1. The van der Waals surface area contributed by atoms with E-state index in [9.17, 15) is 4.79 Å². The average molecular weight is 272 g/mol. The minimum atomic E-state index is -0.168. The van der Waals surface area contributed by atoms with E-state index >= 15 is 0 Å². The van der Waals surface area contributed by atoms with Gasteiger partial charge in [-0.3, -0.25) is 4.79 Å². The minimum absolute atomic E-state index is 0.168. The van der Waals surface area contributed by atoms with E-state index in [1.54, 1.807) is 24.5 Å². The van der Waals surface area contributed by atoms with Gasteiger partial charge in [0, 0.05) is 19.2 Å². The molecule has 2 aromatic rings. The van der Waals surface area contributed by atoms with Gasteiger partial charge in [-0.2, -0.15) is 5.10 Å². The van der Waals surface area contributed by atoms with Crippen LogP contribution < -0.4 is 10.6 Å². The van der Waals surface area contributed by atoms with Crippen LogP contribution in [0.3, 0.4) is 0 Å². The number of hydrogen-bond acceptors (Lipinski definition) is 5. The Hall–Kier alpha value is -2.63. The molecule has 0 aliphatic carbocycles. The molecule has 104 valence electrons. The molecule has 0 unspecified atom stereocenters. The molecule has 20 heavy (non-hydrogen) atoms. The van der Waals surface area contributed by atoms with E-state index < -0.39 is 0 Å². The van der Waals surface area contributed by atoms with Crippen molar-refractivity contribution >= 4 is 17.8 Å². The number of furan rings is 1. The molecule has 0 aliphatic heterocycles. The number of aryl methyl sites for hydroxylation is 1. The predicted molar refractivity (Wildman–Crippen MR) is 76.0 cm³/mol. The molecule has 6 nitrogen and oxygen atoms in total. The summed E-state index contributed by atoms with van der Waals surface area (Å²) in [7, 11) is 0. The Morgan fingerprint density at radius 1 is 1.30 bits per heavy atom. The van der Waals surface area contributed by atoms with Crippen molar-refractivity contribution in [2.24, 2.45) is 0 Å². The van der Waals surface area contributed by atoms with Gasteiger partial charge in [0.25, 0.3) is 0 Å². The Labute approximate surface area is 116 Å². The van der Waals surface area contributed by atoms with Crippen LogP contribution in [0.1, 0.15) is 11.5 Å². The molecule has 2 N–H and O–H groups in total. The van der Waals surface area contributed by atoms with E-state index in [1.165, 1.54) is 6.08 Å². The lowest BCUT2D eigenvalue weighted by Gasteiger charge is -2.05. The first kappa shape index (κ1) is 13.8. The molecule has 2 aromatic heterocycles. The molecule has 0 radical (unpaired) electrons. The van der Waals surface area contributed by atoms with Crippen molar-refractivity contribution < 1.29 is 9.21 Å². The van der Waals surface area contributed by atoms with Crippen molar-refractivity contribution in [1.82, 2.24) is 15.5 Å². The van der Waals surface area contributed by atoms with Crippen molar-refractivity contribution in [1.29, 1.82) is 0 Å². The summed E-state index contributed by atoms with van der Waals surface area (Å²) < 4.78 is 5.08. The molecular formula is C14H16N4O2. The fourth-order valence-electron chi connectivity index (χ4n) is 1.47. The van der Waals surface area contributed by atoms with Crippen molar-refractivity contribution in [3.8, 4) is 0 Å². The van der Waals surface area contributed by atoms with Crippen molar-refractivity contribution in [3.63, 3.8) is 0 Å². The number of anilines is 1. The van der Waals surface area contributed by atoms with Gasteiger partial charge in [0.15, 0.2) is 0 Å².